The van der Waals surface area contributed by atoms with E-state index in [-0.39, 0.29) is 18.6 Å². The van der Waals surface area contributed by atoms with Crippen LogP contribution in [-0.2, 0) is 28.0 Å². The largest absolute Gasteiger partial charge is 0.500 e. The molecule has 1 radical (unpaired) electrons. The number of nitrogens with one attached hydrogen (secondary N) is 1. The van der Waals surface area contributed by atoms with E-state index < -0.39 is 19.9 Å². The van der Waals surface area contributed by atoms with Gasteiger partial charge in [0.15, 0.2) is 0 Å². The number of nitrogens with zero attached hydrogens (tertiary/aromatic N) is 1. The number of amides is 1. The fourth-order valence-electron chi connectivity index (χ4n) is 4.07. The third-order valence-corrected chi connectivity index (χ3v) is 8.23. The lowest BCUT2D eigenvalue weighted by Crippen LogP contribution is -2.60. The Morgan fingerprint density at radius 1 is 1.00 bits per heavy atom. The second kappa shape index (κ2) is 11.7. The van der Waals surface area contributed by atoms with Crippen LogP contribution >= 0.6 is 0 Å². The molecule has 0 saturated carbocycles. The molecule has 0 aromatic heterocycles. The molecule has 8 nitrogen and oxygen atoms in total. The molecule has 0 aliphatic carbocycles. The molecule has 171 valence electrons. The maximum absolute atomic E-state index is 12.4. The minimum Gasteiger partial charge on any atom is -0.374 e. The van der Waals surface area contributed by atoms with E-state index in [1.165, 1.54) is 0 Å². The molecule has 0 aromatic rings. The summed E-state index contributed by atoms with van der Waals surface area (Å²) >= 11 is 0. The summed E-state index contributed by atoms with van der Waals surface area (Å²) in [7, 11) is -2.67. The van der Waals surface area contributed by atoms with Gasteiger partial charge >= 0.3 is 8.80 Å². The maximum Gasteiger partial charge on any atom is 0.500 e. The Hall–Kier alpha value is -0.553. The van der Waals surface area contributed by atoms with Crippen LogP contribution in [0.3, 0.4) is 0 Å². The van der Waals surface area contributed by atoms with Crippen LogP contribution in [0.25, 0.3) is 0 Å². The van der Waals surface area contributed by atoms with Gasteiger partial charge in [0, 0.05) is 43.5 Å². The molecular formula is C20H41N2O6Si. The zero-order valence-corrected chi connectivity index (χ0v) is 20.3. The monoisotopic (exact) mass is 433 g/mol. The van der Waals surface area contributed by atoms with Crippen LogP contribution in [0.5, 0.6) is 0 Å². The molecule has 1 N–H and O–H groups in total. The molecule has 9 heteroatoms. The highest BCUT2D eigenvalue weighted by Gasteiger charge is 2.46. The average molecular weight is 434 g/mol. The first-order valence-electron chi connectivity index (χ1n) is 10.8. The minimum absolute atomic E-state index is 0.000630. The highest BCUT2D eigenvalue weighted by atomic mass is 28.4. The molecule has 0 atom stereocenters. The summed E-state index contributed by atoms with van der Waals surface area (Å²) < 4.78 is 23.3. The van der Waals surface area contributed by atoms with E-state index in [0.29, 0.717) is 51.7 Å². The standard InChI is InChI=1S/C20H41N2O6Si/c1-8-26-29(27-9-2,28-10-3)13-11-12-21-18(23)16-25-17-14-19(4,5)22(24)20(6,7)15-17/h17H,8-16H2,1-7H3,(H,21,23). The van der Waals surface area contributed by atoms with Gasteiger partial charge in [0.05, 0.1) is 6.10 Å². The molecule has 1 aliphatic heterocycles. The molecule has 1 rings (SSSR count). The Balaban J connectivity index is 2.40. The van der Waals surface area contributed by atoms with Crippen molar-refractivity contribution in [3.8, 4) is 0 Å². The first kappa shape index (κ1) is 26.5. The highest BCUT2D eigenvalue weighted by molar-refractivity contribution is 6.60. The summed E-state index contributed by atoms with van der Waals surface area (Å²) in [4.78, 5) is 12.2. The van der Waals surface area contributed by atoms with E-state index in [0.717, 1.165) is 5.06 Å². The van der Waals surface area contributed by atoms with Crippen molar-refractivity contribution >= 4 is 14.7 Å². The molecule has 1 amide bonds. The molecule has 0 unspecified atom stereocenters. The van der Waals surface area contributed by atoms with Crippen molar-refractivity contribution in [2.24, 2.45) is 0 Å². The second-order valence-corrected chi connectivity index (χ2v) is 11.4. The van der Waals surface area contributed by atoms with Gasteiger partial charge < -0.3 is 23.3 Å². The number of piperidine rings is 1. The first-order valence-corrected chi connectivity index (χ1v) is 12.7. The molecule has 29 heavy (non-hydrogen) atoms. The number of hydroxylamine groups is 2. The molecule has 1 heterocycles. The van der Waals surface area contributed by atoms with Crippen LogP contribution in [0, 0.1) is 0 Å². The number of carbonyl (C=O) groups excluding carboxylic acids is 1. The van der Waals surface area contributed by atoms with Gasteiger partial charge in [-0.05, 0) is 67.7 Å². The topological polar surface area (TPSA) is 89.2 Å². The summed E-state index contributed by atoms with van der Waals surface area (Å²) in [5.41, 5.74) is -1.01. The molecule has 1 saturated heterocycles. The molecule has 0 spiro atoms. The van der Waals surface area contributed by atoms with Crippen molar-refractivity contribution in [2.75, 3.05) is 33.0 Å². The van der Waals surface area contributed by atoms with Gasteiger partial charge in [-0.1, -0.05) is 0 Å². The van der Waals surface area contributed by atoms with Gasteiger partial charge in [-0.3, -0.25) is 4.79 Å². The van der Waals surface area contributed by atoms with Gasteiger partial charge in [-0.15, -0.1) is 10.3 Å². The van der Waals surface area contributed by atoms with Crippen molar-refractivity contribution in [3.05, 3.63) is 0 Å². The van der Waals surface area contributed by atoms with E-state index in [2.05, 4.69) is 5.32 Å². The minimum atomic E-state index is -2.67. The molecular weight excluding hydrogens is 392 g/mol. The third kappa shape index (κ3) is 8.24. The first-order chi connectivity index (χ1) is 13.5. The van der Waals surface area contributed by atoms with Gasteiger partial charge in [0.25, 0.3) is 0 Å². The maximum atomic E-state index is 12.4. The lowest BCUT2D eigenvalue weighted by molar-refractivity contribution is -0.300. The Labute approximate surface area is 177 Å². The SMILES string of the molecule is CCO[Si](CCCNC(=O)COC1CC(C)(C)N([O])C(C)(C)C1)(OCC)OCC. The number of hydrogen-bond acceptors (Lipinski definition) is 6. The second-order valence-electron chi connectivity index (χ2n) is 8.70. The van der Waals surface area contributed by atoms with E-state index in [1.54, 1.807) is 0 Å². The predicted molar refractivity (Wildman–Crippen MR) is 113 cm³/mol. The van der Waals surface area contributed by atoms with Crippen LogP contribution in [0.1, 0.15) is 67.7 Å². The molecule has 1 fully saturated rings. The van der Waals surface area contributed by atoms with Gasteiger partial charge in [-0.2, -0.15) is 0 Å². The Bertz CT molecular complexity index is 468. The Kier molecular flexibility index (Phi) is 10.7. The molecule has 1 aliphatic rings. The lowest BCUT2D eigenvalue weighted by Gasteiger charge is -2.49. The van der Waals surface area contributed by atoms with Crippen LogP contribution in [0.15, 0.2) is 0 Å². The zero-order valence-electron chi connectivity index (χ0n) is 19.3. The average Bonchev–Trinajstić information content (AvgIpc) is 2.62. The fraction of sp³-hybridized carbons (Fsp3) is 0.950. The number of carbonyl (C=O) groups is 1. The van der Waals surface area contributed by atoms with Gasteiger partial charge in [0.2, 0.25) is 5.91 Å². The smallest absolute Gasteiger partial charge is 0.374 e. The van der Waals surface area contributed by atoms with Gasteiger partial charge in [-0.25, -0.2) is 0 Å². The van der Waals surface area contributed by atoms with Crippen LogP contribution in [0.2, 0.25) is 6.04 Å². The fourth-order valence-corrected chi connectivity index (χ4v) is 6.68. The summed E-state index contributed by atoms with van der Waals surface area (Å²) in [6, 6.07) is 0.661. The van der Waals surface area contributed by atoms with Crippen molar-refractivity contribution in [3.63, 3.8) is 0 Å². The summed E-state index contributed by atoms with van der Waals surface area (Å²) in [6.07, 6.45) is 1.83. The molecule has 0 bridgehead atoms. The zero-order chi connectivity index (χ0) is 22.1. The van der Waals surface area contributed by atoms with Crippen molar-refractivity contribution in [1.82, 2.24) is 10.4 Å². The van der Waals surface area contributed by atoms with Gasteiger partial charge in [0.1, 0.15) is 6.61 Å². The Morgan fingerprint density at radius 2 is 1.48 bits per heavy atom. The lowest BCUT2D eigenvalue weighted by atomic mass is 9.80. The van der Waals surface area contributed by atoms with Crippen molar-refractivity contribution in [2.45, 2.75) is 91.0 Å². The summed E-state index contributed by atoms with van der Waals surface area (Å²) in [5, 5.41) is 16.5. The highest BCUT2D eigenvalue weighted by Crippen LogP contribution is 2.38. The van der Waals surface area contributed by atoms with Crippen molar-refractivity contribution < 1.29 is 28.0 Å². The predicted octanol–water partition coefficient (Wildman–Crippen LogP) is 2.92. The number of rotatable bonds is 13. The number of ether oxygens (including phenoxy) is 1. The van der Waals surface area contributed by atoms with E-state index in [4.69, 9.17) is 18.0 Å². The summed E-state index contributed by atoms with van der Waals surface area (Å²) in [6.45, 7) is 15.6. The van der Waals surface area contributed by atoms with E-state index >= 15 is 0 Å². The van der Waals surface area contributed by atoms with E-state index in [9.17, 15) is 10.0 Å². The van der Waals surface area contributed by atoms with Crippen LogP contribution in [-0.4, -0.2) is 69.9 Å². The Morgan fingerprint density at radius 3 is 1.93 bits per heavy atom. The quantitative estimate of drug-likeness (QED) is 0.355. The van der Waals surface area contributed by atoms with Crippen LogP contribution in [0.4, 0.5) is 0 Å². The number of hydrogen-bond donors (Lipinski definition) is 1. The summed E-state index contributed by atoms with van der Waals surface area (Å²) in [5.74, 6) is -0.151. The van der Waals surface area contributed by atoms with E-state index in [1.807, 2.05) is 48.5 Å². The van der Waals surface area contributed by atoms with Crippen LogP contribution < -0.4 is 5.32 Å². The third-order valence-electron chi connectivity index (χ3n) is 5.08. The normalized spacial score (nSPS) is 20.0. The molecule has 0 aromatic carbocycles. The van der Waals surface area contributed by atoms with Crippen molar-refractivity contribution in [1.29, 1.82) is 0 Å².